The maximum atomic E-state index is 12.5. The molecule has 0 fully saturated rings. The van der Waals surface area contributed by atoms with E-state index in [0.717, 1.165) is 22.6 Å². The maximum absolute atomic E-state index is 12.5. The predicted molar refractivity (Wildman–Crippen MR) is 105 cm³/mol. The molecule has 0 amide bonds. The Labute approximate surface area is 177 Å². The average molecular weight is 455 g/mol. The van der Waals surface area contributed by atoms with Gasteiger partial charge >= 0.3 is 18.0 Å². The number of alkyl halides is 3. The summed E-state index contributed by atoms with van der Waals surface area (Å²) < 4.78 is 48.1. The molecule has 1 aromatic heterocycles. The summed E-state index contributed by atoms with van der Waals surface area (Å²) in [5, 5.41) is 12.7. The van der Waals surface area contributed by atoms with E-state index < -0.39 is 30.4 Å². The predicted octanol–water partition coefficient (Wildman–Crippen LogP) is 3.45. The third-order valence-electron chi connectivity index (χ3n) is 3.93. The van der Waals surface area contributed by atoms with Gasteiger partial charge in [-0.2, -0.15) is 5.10 Å². The van der Waals surface area contributed by atoms with Crippen molar-refractivity contribution in [1.82, 2.24) is 14.3 Å². The number of carbonyl (C=O) groups is 1. The number of benzene rings is 2. The number of hydrogen-bond donors (Lipinski definition) is 1. The fourth-order valence-electron chi connectivity index (χ4n) is 2.56. The second-order valence-electron chi connectivity index (χ2n) is 6.21. The number of rotatable bonds is 8. The molecule has 0 saturated carbocycles. The molecule has 0 radical (unpaired) electrons. The van der Waals surface area contributed by atoms with Crippen LogP contribution in [0.4, 0.5) is 13.2 Å². The first-order valence-electron chi connectivity index (χ1n) is 8.71. The average Bonchev–Trinajstić information content (AvgIpc) is 3.05. The van der Waals surface area contributed by atoms with Crippen molar-refractivity contribution in [3.63, 3.8) is 0 Å². The van der Waals surface area contributed by atoms with Gasteiger partial charge < -0.3 is 14.6 Å². The molecule has 0 aliphatic heterocycles. The van der Waals surface area contributed by atoms with Gasteiger partial charge in [0.1, 0.15) is 17.8 Å². The highest BCUT2D eigenvalue weighted by atomic mass is 32.2. The van der Waals surface area contributed by atoms with E-state index in [9.17, 15) is 22.8 Å². The zero-order chi connectivity index (χ0) is 22.6. The zero-order valence-electron chi connectivity index (χ0n) is 16.0. The summed E-state index contributed by atoms with van der Waals surface area (Å²) in [7, 11) is 0. The van der Waals surface area contributed by atoms with Gasteiger partial charge in [0.05, 0.1) is 11.6 Å². The standard InChI is InChI=1S/C19H16F3N3O5S/c1-12-8-15(6-7-16(12)29-9-17(26)27)31-11-25-18(28)24(10-23-25)13-2-4-14(5-3-13)30-19(20,21)22/h2-8,10H,9,11H2,1H3,(H,26,27). The maximum Gasteiger partial charge on any atom is 0.573 e. The lowest BCUT2D eigenvalue weighted by atomic mass is 10.2. The van der Waals surface area contributed by atoms with Crippen molar-refractivity contribution >= 4 is 17.7 Å². The molecule has 164 valence electrons. The Morgan fingerprint density at radius 1 is 1.19 bits per heavy atom. The highest BCUT2D eigenvalue weighted by Crippen LogP contribution is 2.26. The minimum atomic E-state index is -4.79. The molecule has 0 aliphatic rings. The lowest BCUT2D eigenvalue weighted by Crippen LogP contribution is -2.23. The van der Waals surface area contributed by atoms with Crippen molar-refractivity contribution in [3.05, 3.63) is 64.8 Å². The van der Waals surface area contributed by atoms with E-state index in [1.165, 1.54) is 39.5 Å². The van der Waals surface area contributed by atoms with Crippen LogP contribution < -0.4 is 15.2 Å². The van der Waals surface area contributed by atoms with Gasteiger partial charge in [0.15, 0.2) is 6.61 Å². The van der Waals surface area contributed by atoms with Crippen molar-refractivity contribution in [2.75, 3.05) is 6.61 Å². The summed E-state index contributed by atoms with van der Waals surface area (Å²) >= 11 is 1.32. The third-order valence-corrected chi connectivity index (χ3v) is 4.89. The molecule has 0 atom stereocenters. The SMILES string of the molecule is Cc1cc(SCn2ncn(-c3ccc(OC(F)(F)F)cc3)c2=O)ccc1OCC(=O)O. The number of thioether (sulfide) groups is 1. The molecule has 3 rings (SSSR count). The second-order valence-corrected chi connectivity index (χ2v) is 7.23. The van der Waals surface area contributed by atoms with E-state index >= 15 is 0 Å². The molecule has 0 unspecified atom stereocenters. The van der Waals surface area contributed by atoms with Crippen molar-refractivity contribution in [2.45, 2.75) is 24.1 Å². The van der Waals surface area contributed by atoms with Gasteiger partial charge in [-0.3, -0.25) is 0 Å². The molecule has 3 aromatic rings. The van der Waals surface area contributed by atoms with E-state index in [0.29, 0.717) is 11.4 Å². The van der Waals surface area contributed by atoms with Crippen LogP contribution >= 0.6 is 11.8 Å². The third kappa shape index (κ3) is 6.04. The molecule has 31 heavy (non-hydrogen) atoms. The number of ether oxygens (including phenoxy) is 2. The lowest BCUT2D eigenvalue weighted by molar-refractivity contribution is -0.274. The number of halogens is 3. The van der Waals surface area contributed by atoms with E-state index in [1.807, 2.05) is 0 Å². The molecule has 8 nitrogen and oxygen atoms in total. The fraction of sp³-hybridized carbons (Fsp3) is 0.211. The largest absolute Gasteiger partial charge is 0.573 e. The van der Waals surface area contributed by atoms with Crippen LogP contribution in [0, 0.1) is 6.92 Å². The van der Waals surface area contributed by atoms with Crippen LogP contribution in [0.2, 0.25) is 0 Å². The lowest BCUT2D eigenvalue weighted by Gasteiger charge is -2.09. The van der Waals surface area contributed by atoms with Crippen molar-refractivity contribution in [1.29, 1.82) is 0 Å². The smallest absolute Gasteiger partial charge is 0.482 e. The van der Waals surface area contributed by atoms with Crippen LogP contribution in [-0.4, -0.2) is 38.4 Å². The number of nitrogens with zero attached hydrogens (tertiary/aromatic N) is 3. The molecule has 0 bridgehead atoms. The molecule has 0 aliphatic carbocycles. The van der Waals surface area contributed by atoms with Gasteiger partial charge in [0.25, 0.3) is 0 Å². The molecular weight excluding hydrogens is 439 g/mol. The normalized spacial score (nSPS) is 11.4. The minimum absolute atomic E-state index is 0.190. The van der Waals surface area contributed by atoms with Gasteiger partial charge in [-0.05, 0) is 55.0 Å². The first-order valence-corrected chi connectivity index (χ1v) is 9.69. The van der Waals surface area contributed by atoms with Crippen LogP contribution in [0.15, 0.2) is 58.5 Å². The molecule has 0 spiro atoms. The Kier molecular flexibility index (Phi) is 6.59. The van der Waals surface area contributed by atoms with Crippen LogP contribution in [-0.2, 0) is 10.7 Å². The Hall–Kier alpha value is -3.41. The first kappa shape index (κ1) is 22.3. The molecule has 1 N–H and O–H groups in total. The van der Waals surface area contributed by atoms with Crippen LogP contribution in [0.5, 0.6) is 11.5 Å². The summed E-state index contributed by atoms with van der Waals surface area (Å²) in [6.07, 6.45) is -3.52. The topological polar surface area (TPSA) is 95.6 Å². The summed E-state index contributed by atoms with van der Waals surface area (Å²) in [6.45, 7) is 1.33. The monoisotopic (exact) mass is 455 g/mol. The number of carboxylic acids is 1. The van der Waals surface area contributed by atoms with Crippen LogP contribution in [0.1, 0.15) is 5.56 Å². The van der Waals surface area contributed by atoms with Gasteiger partial charge in [0.2, 0.25) is 0 Å². The van der Waals surface area contributed by atoms with Crippen molar-refractivity contribution in [2.24, 2.45) is 0 Å². The Balaban J connectivity index is 1.66. The van der Waals surface area contributed by atoms with E-state index in [4.69, 9.17) is 9.84 Å². The number of carboxylic acid groups (broad SMARTS) is 1. The first-order chi connectivity index (χ1) is 14.6. The molecule has 1 heterocycles. The summed E-state index contributed by atoms with van der Waals surface area (Å²) in [5.41, 5.74) is 0.618. The number of aromatic nitrogens is 3. The van der Waals surface area contributed by atoms with E-state index in [2.05, 4.69) is 9.84 Å². The minimum Gasteiger partial charge on any atom is -0.482 e. The van der Waals surface area contributed by atoms with Gasteiger partial charge in [0, 0.05) is 4.90 Å². The Morgan fingerprint density at radius 2 is 1.90 bits per heavy atom. The van der Waals surface area contributed by atoms with E-state index in [1.54, 1.807) is 25.1 Å². The summed E-state index contributed by atoms with van der Waals surface area (Å²) in [6, 6.07) is 10.0. The quantitative estimate of drug-likeness (QED) is 0.520. The van der Waals surface area contributed by atoms with Crippen LogP contribution in [0.3, 0.4) is 0 Å². The van der Waals surface area contributed by atoms with E-state index in [-0.39, 0.29) is 5.88 Å². The Bertz CT molecular complexity index is 1130. The van der Waals surface area contributed by atoms with Crippen molar-refractivity contribution in [3.8, 4) is 17.2 Å². The molecule has 2 aromatic carbocycles. The van der Waals surface area contributed by atoms with Gasteiger partial charge in [-0.25, -0.2) is 18.8 Å². The summed E-state index contributed by atoms with van der Waals surface area (Å²) in [4.78, 5) is 23.9. The highest BCUT2D eigenvalue weighted by Gasteiger charge is 2.31. The molecule has 12 heteroatoms. The number of aryl methyl sites for hydroxylation is 1. The Morgan fingerprint density at radius 3 is 2.52 bits per heavy atom. The molecular formula is C19H16F3N3O5S. The zero-order valence-corrected chi connectivity index (χ0v) is 16.8. The van der Waals surface area contributed by atoms with Crippen molar-refractivity contribution < 1.29 is 32.5 Å². The number of aliphatic carboxylic acids is 1. The van der Waals surface area contributed by atoms with Crippen LogP contribution in [0.25, 0.3) is 5.69 Å². The fourth-order valence-corrected chi connectivity index (χ4v) is 3.43. The van der Waals surface area contributed by atoms with Gasteiger partial charge in [-0.15, -0.1) is 24.9 Å². The van der Waals surface area contributed by atoms with Gasteiger partial charge in [-0.1, -0.05) is 0 Å². The molecule has 0 saturated heterocycles. The second kappa shape index (κ2) is 9.16. The number of hydrogen-bond acceptors (Lipinski definition) is 6. The summed E-state index contributed by atoms with van der Waals surface area (Å²) in [5.74, 6) is -0.824. The highest BCUT2D eigenvalue weighted by molar-refractivity contribution is 7.98.